The molecule has 0 aliphatic carbocycles. The number of aromatic nitrogens is 4. The zero-order valence-corrected chi connectivity index (χ0v) is 16.3. The highest BCUT2D eigenvalue weighted by Gasteiger charge is 2.19. The van der Waals surface area contributed by atoms with E-state index in [-0.39, 0.29) is 13.2 Å². The molecule has 4 aromatic rings. The predicted molar refractivity (Wildman–Crippen MR) is 111 cm³/mol. The molecule has 29 heavy (non-hydrogen) atoms. The van der Waals surface area contributed by atoms with E-state index in [1.165, 1.54) is 4.90 Å². The second kappa shape index (κ2) is 7.63. The summed E-state index contributed by atoms with van der Waals surface area (Å²) < 4.78 is 5.84. The normalized spacial score (nSPS) is 10.7. The molecule has 2 aromatic heterocycles. The van der Waals surface area contributed by atoms with Gasteiger partial charge in [0.05, 0.1) is 17.6 Å². The molecule has 2 heterocycles. The summed E-state index contributed by atoms with van der Waals surface area (Å²) in [7, 11) is 3.43. The van der Waals surface area contributed by atoms with Crippen LogP contribution in [0.25, 0.3) is 34.3 Å². The predicted octanol–water partition coefficient (Wildman–Crippen LogP) is 4.12. The van der Waals surface area contributed by atoms with Crippen molar-refractivity contribution in [3.05, 3.63) is 72.1 Å². The van der Waals surface area contributed by atoms with E-state index in [9.17, 15) is 4.79 Å². The van der Waals surface area contributed by atoms with Gasteiger partial charge in [-0.15, -0.1) is 10.2 Å². The number of nitrogens with zero attached hydrogens (tertiary/aromatic N) is 5. The standard InChI is InChI=1S/C22H19N5O2.H2/c1-14-19(21-26-25-20(29-21)15-9-5-4-6-10-15)24-18(13-23-14)16-11-7-8-12-17(16)22(28)27(2)3;/h4-13H,1-3H3;1H. The molecule has 4 rings (SSSR count). The highest BCUT2D eigenvalue weighted by molar-refractivity contribution is 6.00. The molecule has 0 N–H and O–H groups in total. The van der Waals surface area contributed by atoms with Gasteiger partial charge in [0.25, 0.3) is 11.8 Å². The van der Waals surface area contributed by atoms with Crippen molar-refractivity contribution in [3.63, 3.8) is 0 Å². The Kier molecular flexibility index (Phi) is 4.87. The van der Waals surface area contributed by atoms with Crippen molar-refractivity contribution in [2.24, 2.45) is 0 Å². The first-order valence-corrected chi connectivity index (χ1v) is 9.08. The average Bonchev–Trinajstić information content (AvgIpc) is 3.24. The van der Waals surface area contributed by atoms with Crippen molar-refractivity contribution in [2.75, 3.05) is 14.1 Å². The van der Waals surface area contributed by atoms with E-state index in [1.54, 1.807) is 26.4 Å². The van der Waals surface area contributed by atoms with Crippen molar-refractivity contribution in [2.45, 2.75) is 6.92 Å². The second-order valence-electron chi connectivity index (χ2n) is 6.71. The molecule has 1 amide bonds. The summed E-state index contributed by atoms with van der Waals surface area (Å²) in [6.45, 7) is 1.83. The van der Waals surface area contributed by atoms with Gasteiger partial charge in [-0.05, 0) is 25.1 Å². The minimum Gasteiger partial charge on any atom is -0.415 e. The van der Waals surface area contributed by atoms with Crippen LogP contribution < -0.4 is 0 Å². The molecule has 146 valence electrons. The van der Waals surface area contributed by atoms with Gasteiger partial charge in [0, 0.05) is 32.2 Å². The molecule has 0 aliphatic heterocycles. The van der Waals surface area contributed by atoms with Crippen LogP contribution in [0.15, 0.2) is 65.2 Å². The molecule has 2 aromatic carbocycles. The molecule has 7 heteroatoms. The van der Waals surface area contributed by atoms with E-state index < -0.39 is 0 Å². The Bertz CT molecular complexity index is 1180. The first kappa shape index (κ1) is 18.5. The van der Waals surface area contributed by atoms with Crippen LogP contribution in [0.5, 0.6) is 0 Å². The molecule has 0 unspecified atom stereocenters. The monoisotopic (exact) mass is 387 g/mol. The van der Waals surface area contributed by atoms with Crippen LogP contribution in [0, 0.1) is 6.92 Å². The van der Waals surface area contributed by atoms with Crippen LogP contribution in [-0.2, 0) is 0 Å². The van der Waals surface area contributed by atoms with Crippen LogP contribution in [0.4, 0.5) is 0 Å². The lowest BCUT2D eigenvalue weighted by Gasteiger charge is -2.14. The van der Waals surface area contributed by atoms with E-state index in [4.69, 9.17) is 9.40 Å². The Balaban J connectivity index is 0.00000256. The van der Waals surface area contributed by atoms with Gasteiger partial charge in [-0.3, -0.25) is 9.78 Å². The summed E-state index contributed by atoms with van der Waals surface area (Å²) in [4.78, 5) is 23.2. The van der Waals surface area contributed by atoms with Gasteiger partial charge in [-0.1, -0.05) is 36.4 Å². The van der Waals surface area contributed by atoms with Gasteiger partial charge in [0.1, 0.15) is 5.69 Å². The molecule has 0 aliphatic rings. The number of hydrogen-bond donors (Lipinski definition) is 0. The van der Waals surface area contributed by atoms with Gasteiger partial charge in [0.15, 0.2) is 0 Å². The highest BCUT2D eigenvalue weighted by Crippen LogP contribution is 2.28. The molecule has 0 radical (unpaired) electrons. The van der Waals surface area contributed by atoms with Gasteiger partial charge in [0.2, 0.25) is 5.89 Å². The van der Waals surface area contributed by atoms with Crippen LogP contribution in [0.2, 0.25) is 0 Å². The maximum atomic E-state index is 12.6. The number of carbonyl (C=O) groups is 1. The lowest BCUT2D eigenvalue weighted by atomic mass is 10.0. The van der Waals surface area contributed by atoms with Crippen molar-refractivity contribution in [1.29, 1.82) is 0 Å². The molecular weight excluding hydrogens is 366 g/mol. The van der Waals surface area contributed by atoms with Crippen LogP contribution in [0.3, 0.4) is 0 Å². The van der Waals surface area contributed by atoms with Crippen molar-refractivity contribution in [3.8, 4) is 34.3 Å². The summed E-state index contributed by atoms with van der Waals surface area (Å²) in [5, 5.41) is 8.28. The van der Waals surface area contributed by atoms with Gasteiger partial charge in [-0.2, -0.15) is 0 Å². The average molecular weight is 387 g/mol. The van der Waals surface area contributed by atoms with Crippen LogP contribution in [0.1, 0.15) is 17.5 Å². The Morgan fingerprint density at radius 3 is 2.41 bits per heavy atom. The topological polar surface area (TPSA) is 85.0 Å². The smallest absolute Gasteiger partial charge is 0.268 e. The number of rotatable bonds is 4. The van der Waals surface area contributed by atoms with Crippen molar-refractivity contribution in [1.82, 2.24) is 25.1 Å². The third-order valence-electron chi connectivity index (χ3n) is 4.44. The largest absolute Gasteiger partial charge is 0.415 e. The van der Waals surface area contributed by atoms with E-state index >= 15 is 0 Å². The molecule has 0 saturated heterocycles. The maximum absolute atomic E-state index is 12.6. The fourth-order valence-corrected chi connectivity index (χ4v) is 2.93. The Labute approximate surface area is 169 Å². The fraction of sp³-hybridized carbons (Fsp3) is 0.136. The Morgan fingerprint density at radius 1 is 0.966 bits per heavy atom. The number of benzene rings is 2. The third kappa shape index (κ3) is 3.62. The number of hydrogen-bond acceptors (Lipinski definition) is 6. The zero-order valence-electron chi connectivity index (χ0n) is 16.3. The van der Waals surface area contributed by atoms with E-state index in [0.29, 0.717) is 34.1 Å². The minimum absolute atomic E-state index is 0. The number of amides is 1. The summed E-state index contributed by atoms with van der Waals surface area (Å²) in [5.74, 6) is 0.594. The molecular formula is C22H21N5O2. The molecule has 0 atom stereocenters. The molecule has 0 spiro atoms. The van der Waals surface area contributed by atoms with Crippen LogP contribution >= 0.6 is 0 Å². The Morgan fingerprint density at radius 2 is 1.66 bits per heavy atom. The second-order valence-corrected chi connectivity index (χ2v) is 6.71. The van der Waals surface area contributed by atoms with E-state index in [1.807, 2.05) is 55.5 Å². The van der Waals surface area contributed by atoms with Crippen LogP contribution in [-0.4, -0.2) is 45.1 Å². The molecule has 0 bridgehead atoms. The number of aryl methyl sites for hydroxylation is 1. The first-order chi connectivity index (χ1) is 14.0. The fourth-order valence-electron chi connectivity index (χ4n) is 2.93. The van der Waals surface area contributed by atoms with Gasteiger partial charge in [-0.25, -0.2) is 4.98 Å². The highest BCUT2D eigenvalue weighted by atomic mass is 16.4. The number of carbonyl (C=O) groups excluding carboxylic acids is 1. The SMILES string of the molecule is Cc1ncc(-c2ccccc2C(=O)N(C)C)nc1-c1nnc(-c2ccccc2)o1.[HH]. The quantitative estimate of drug-likeness (QED) is 0.524. The summed E-state index contributed by atoms with van der Waals surface area (Å²) in [6, 6.07) is 16.8. The summed E-state index contributed by atoms with van der Waals surface area (Å²) in [6.07, 6.45) is 1.65. The zero-order chi connectivity index (χ0) is 20.4. The van der Waals surface area contributed by atoms with E-state index in [0.717, 1.165) is 5.56 Å². The van der Waals surface area contributed by atoms with Gasteiger partial charge >= 0.3 is 0 Å². The first-order valence-electron chi connectivity index (χ1n) is 9.08. The maximum Gasteiger partial charge on any atom is 0.268 e. The molecule has 0 saturated carbocycles. The molecule has 0 fully saturated rings. The summed E-state index contributed by atoms with van der Waals surface area (Å²) >= 11 is 0. The summed E-state index contributed by atoms with van der Waals surface area (Å²) in [5.41, 5.74) is 3.79. The lowest BCUT2D eigenvalue weighted by molar-refractivity contribution is 0.0828. The van der Waals surface area contributed by atoms with Crippen molar-refractivity contribution >= 4 is 5.91 Å². The van der Waals surface area contributed by atoms with E-state index in [2.05, 4.69) is 15.2 Å². The third-order valence-corrected chi connectivity index (χ3v) is 4.44. The molecule has 7 nitrogen and oxygen atoms in total. The van der Waals surface area contributed by atoms with Crippen molar-refractivity contribution < 1.29 is 10.6 Å². The van der Waals surface area contributed by atoms with Gasteiger partial charge < -0.3 is 9.32 Å². The minimum atomic E-state index is -0.103. The lowest BCUT2D eigenvalue weighted by Crippen LogP contribution is -2.22. The Hall–Kier alpha value is -3.87.